The highest BCUT2D eigenvalue weighted by molar-refractivity contribution is 6.06. The average Bonchev–Trinajstić information content (AvgIpc) is 2.84. The number of fused-ring (bicyclic) bond motifs is 1. The van der Waals surface area contributed by atoms with Gasteiger partial charge in [-0.25, -0.2) is 0 Å². The second-order valence-corrected chi connectivity index (χ2v) is 4.71. The number of para-hydroxylation sites is 1. The van der Waals surface area contributed by atoms with Crippen LogP contribution in [0.15, 0.2) is 55.0 Å². The third-order valence-electron chi connectivity index (χ3n) is 3.34. The Morgan fingerprint density at radius 1 is 1.20 bits per heavy atom. The van der Waals surface area contributed by atoms with Crippen LogP contribution in [-0.4, -0.2) is 15.5 Å². The number of rotatable bonds is 3. The molecule has 0 saturated heterocycles. The zero-order valence-electron chi connectivity index (χ0n) is 11.2. The molecule has 3 aromatic rings. The number of aromatic nitrogens is 2. The minimum Gasteiger partial charge on any atom is -0.350 e. The normalized spacial score (nSPS) is 10.7. The van der Waals surface area contributed by atoms with Gasteiger partial charge in [0.05, 0.1) is 5.56 Å². The summed E-state index contributed by atoms with van der Waals surface area (Å²) in [4.78, 5) is 16.3. The number of amides is 1. The van der Waals surface area contributed by atoms with Crippen molar-refractivity contribution >= 4 is 16.8 Å². The molecule has 2 heterocycles. The molecule has 0 unspecified atom stereocenters. The Labute approximate surface area is 117 Å². The van der Waals surface area contributed by atoms with Crippen LogP contribution in [0.25, 0.3) is 10.9 Å². The fourth-order valence-electron chi connectivity index (χ4n) is 2.30. The Bertz CT molecular complexity index is 747. The smallest absolute Gasteiger partial charge is 0.253 e. The van der Waals surface area contributed by atoms with Crippen molar-refractivity contribution in [3.05, 3.63) is 66.1 Å². The summed E-state index contributed by atoms with van der Waals surface area (Å²) in [6, 6.07) is 11.7. The molecule has 3 rings (SSSR count). The van der Waals surface area contributed by atoms with E-state index >= 15 is 0 Å². The van der Waals surface area contributed by atoms with Gasteiger partial charge in [-0.15, -0.1) is 0 Å². The Morgan fingerprint density at radius 2 is 1.95 bits per heavy atom. The molecule has 0 aliphatic heterocycles. The number of carbonyl (C=O) groups excluding carboxylic acids is 1. The van der Waals surface area contributed by atoms with Crippen molar-refractivity contribution in [2.45, 2.75) is 6.54 Å². The summed E-state index contributed by atoms with van der Waals surface area (Å²) in [5, 5.41) is 3.91. The third kappa shape index (κ3) is 2.28. The van der Waals surface area contributed by atoms with Crippen molar-refractivity contribution in [2.24, 2.45) is 7.05 Å². The fourth-order valence-corrected chi connectivity index (χ4v) is 2.30. The standard InChI is InChI=1S/C16H15N3O/c1-19-11-14(13-4-2-3-5-15(13)19)16(20)18-10-12-6-8-17-9-7-12/h2-9,11H,10H2,1H3,(H,18,20). The van der Waals surface area contributed by atoms with E-state index in [1.54, 1.807) is 12.4 Å². The molecule has 4 nitrogen and oxygen atoms in total. The molecule has 2 aromatic heterocycles. The number of hydrogen-bond acceptors (Lipinski definition) is 2. The molecule has 0 fully saturated rings. The number of carbonyl (C=O) groups is 1. The van der Waals surface area contributed by atoms with Crippen LogP contribution in [0.1, 0.15) is 15.9 Å². The van der Waals surface area contributed by atoms with Gasteiger partial charge in [-0.1, -0.05) is 18.2 Å². The quantitative estimate of drug-likeness (QED) is 0.791. The Balaban J connectivity index is 1.83. The average molecular weight is 265 g/mol. The van der Waals surface area contributed by atoms with Crippen LogP contribution in [0.4, 0.5) is 0 Å². The first-order valence-corrected chi connectivity index (χ1v) is 6.47. The SMILES string of the molecule is Cn1cc(C(=O)NCc2ccncc2)c2ccccc21. The van der Waals surface area contributed by atoms with Crippen molar-refractivity contribution < 1.29 is 4.79 Å². The van der Waals surface area contributed by atoms with Gasteiger partial charge in [0.25, 0.3) is 5.91 Å². The largest absolute Gasteiger partial charge is 0.350 e. The fraction of sp³-hybridized carbons (Fsp3) is 0.125. The van der Waals surface area contributed by atoms with E-state index in [0.717, 1.165) is 16.5 Å². The summed E-state index contributed by atoms with van der Waals surface area (Å²) in [5.74, 6) is -0.0568. The van der Waals surface area contributed by atoms with Gasteiger partial charge in [0.15, 0.2) is 0 Å². The minimum atomic E-state index is -0.0568. The molecular weight excluding hydrogens is 250 g/mol. The molecule has 0 spiro atoms. The monoisotopic (exact) mass is 265 g/mol. The number of benzene rings is 1. The van der Waals surface area contributed by atoms with Gasteiger partial charge in [0.2, 0.25) is 0 Å². The zero-order chi connectivity index (χ0) is 13.9. The van der Waals surface area contributed by atoms with E-state index < -0.39 is 0 Å². The van der Waals surface area contributed by atoms with Crippen molar-refractivity contribution in [3.8, 4) is 0 Å². The molecule has 0 aliphatic rings. The molecule has 0 atom stereocenters. The van der Waals surface area contributed by atoms with Crippen LogP contribution >= 0.6 is 0 Å². The highest BCUT2D eigenvalue weighted by atomic mass is 16.1. The predicted octanol–water partition coefficient (Wildman–Crippen LogP) is 2.50. The Kier molecular flexibility index (Phi) is 3.21. The van der Waals surface area contributed by atoms with E-state index in [2.05, 4.69) is 10.3 Å². The zero-order valence-corrected chi connectivity index (χ0v) is 11.2. The summed E-state index contributed by atoms with van der Waals surface area (Å²) in [6.45, 7) is 0.505. The third-order valence-corrected chi connectivity index (χ3v) is 3.34. The topological polar surface area (TPSA) is 46.9 Å². The summed E-state index contributed by atoms with van der Waals surface area (Å²) >= 11 is 0. The van der Waals surface area contributed by atoms with E-state index in [0.29, 0.717) is 12.1 Å². The van der Waals surface area contributed by atoms with Gasteiger partial charge in [-0.05, 0) is 23.8 Å². The van der Waals surface area contributed by atoms with Gasteiger partial charge in [-0.2, -0.15) is 0 Å². The number of hydrogen-bond donors (Lipinski definition) is 1. The lowest BCUT2D eigenvalue weighted by Gasteiger charge is -2.04. The second kappa shape index (κ2) is 5.17. The molecule has 1 N–H and O–H groups in total. The number of nitrogens with one attached hydrogen (secondary N) is 1. The lowest BCUT2D eigenvalue weighted by Crippen LogP contribution is -2.22. The Hall–Kier alpha value is -2.62. The highest BCUT2D eigenvalue weighted by Gasteiger charge is 2.12. The van der Waals surface area contributed by atoms with Crippen molar-refractivity contribution in [3.63, 3.8) is 0 Å². The van der Waals surface area contributed by atoms with Gasteiger partial charge < -0.3 is 9.88 Å². The van der Waals surface area contributed by atoms with Gasteiger partial charge in [0.1, 0.15) is 0 Å². The van der Waals surface area contributed by atoms with Crippen LogP contribution in [0.3, 0.4) is 0 Å². The second-order valence-electron chi connectivity index (χ2n) is 4.71. The van der Waals surface area contributed by atoms with Crippen LogP contribution in [0.2, 0.25) is 0 Å². The molecule has 1 aromatic carbocycles. The van der Waals surface area contributed by atoms with E-state index in [1.165, 1.54) is 0 Å². The van der Waals surface area contributed by atoms with Crippen molar-refractivity contribution in [1.82, 2.24) is 14.9 Å². The number of nitrogens with zero attached hydrogens (tertiary/aromatic N) is 2. The number of aryl methyl sites for hydroxylation is 1. The van der Waals surface area contributed by atoms with Crippen molar-refractivity contribution in [1.29, 1.82) is 0 Å². The van der Waals surface area contributed by atoms with E-state index in [-0.39, 0.29) is 5.91 Å². The highest BCUT2D eigenvalue weighted by Crippen LogP contribution is 2.20. The lowest BCUT2D eigenvalue weighted by atomic mass is 10.1. The van der Waals surface area contributed by atoms with Gasteiger partial charge in [0, 0.05) is 43.1 Å². The van der Waals surface area contributed by atoms with E-state index in [1.807, 2.05) is 54.2 Å². The summed E-state index contributed by atoms with van der Waals surface area (Å²) < 4.78 is 1.97. The molecule has 100 valence electrons. The molecule has 1 amide bonds. The summed E-state index contributed by atoms with van der Waals surface area (Å²) in [7, 11) is 1.95. The Morgan fingerprint density at radius 3 is 2.75 bits per heavy atom. The van der Waals surface area contributed by atoms with Crippen LogP contribution in [0.5, 0.6) is 0 Å². The maximum Gasteiger partial charge on any atom is 0.253 e. The lowest BCUT2D eigenvalue weighted by molar-refractivity contribution is 0.0952. The van der Waals surface area contributed by atoms with Gasteiger partial charge in [-0.3, -0.25) is 9.78 Å². The maximum absolute atomic E-state index is 12.3. The van der Waals surface area contributed by atoms with Crippen molar-refractivity contribution in [2.75, 3.05) is 0 Å². The summed E-state index contributed by atoms with van der Waals surface area (Å²) in [5.41, 5.74) is 2.80. The number of pyridine rings is 1. The maximum atomic E-state index is 12.3. The van der Waals surface area contributed by atoms with Crippen LogP contribution in [-0.2, 0) is 13.6 Å². The van der Waals surface area contributed by atoms with E-state index in [4.69, 9.17) is 0 Å². The first kappa shape index (κ1) is 12.4. The van der Waals surface area contributed by atoms with Crippen LogP contribution < -0.4 is 5.32 Å². The molecule has 0 saturated carbocycles. The molecule has 4 heteroatoms. The van der Waals surface area contributed by atoms with Crippen LogP contribution in [0, 0.1) is 0 Å². The molecule has 0 aliphatic carbocycles. The van der Waals surface area contributed by atoms with E-state index in [9.17, 15) is 4.79 Å². The first-order chi connectivity index (χ1) is 9.75. The minimum absolute atomic E-state index is 0.0568. The predicted molar refractivity (Wildman–Crippen MR) is 78.3 cm³/mol. The first-order valence-electron chi connectivity index (χ1n) is 6.47. The summed E-state index contributed by atoms with van der Waals surface area (Å²) in [6.07, 6.45) is 5.31. The molecule has 0 bridgehead atoms. The molecule has 20 heavy (non-hydrogen) atoms. The molecular formula is C16H15N3O. The van der Waals surface area contributed by atoms with Gasteiger partial charge >= 0.3 is 0 Å². The molecule has 0 radical (unpaired) electrons.